The third-order valence-corrected chi connectivity index (χ3v) is 4.11. The molecule has 1 fully saturated rings. The van der Waals surface area contributed by atoms with E-state index in [1.165, 1.54) is 0 Å². The van der Waals surface area contributed by atoms with Gasteiger partial charge in [-0.15, -0.1) is 0 Å². The van der Waals surface area contributed by atoms with Crippen molar-refractivity contribution in [1.29, 1.82) is 0 Å². The highest BCUT2D eigenvalue weighted by Crippen LogP contribution is 2.37. The first-order valence-corrected chi connectivity index (χ1v) is 7.00. The highest BCUT2D eigenvalue weighted by atomic mass is 79.9. The molecule has 5 heteroatoms. The summed E-state index contributed by atoms with van der Waals surface area (Å²) in [6.07, 6.45) is 2.12. The maximum Gasteiger partial charge on any atom is 0.231 e. The maximum absolute atomic E-state index is 9.77. The Morgan fingerprint density at radius 3 is 2.78 bits per heavy atom. The fourth-order valence-corrected chi connectivity index (χ4v) is 2.56. The van der Waals surface area contributed by atoms with Crippen LogP contribution in [-0.4, -0.2) is 24.5 Å². The lowest BCUT2D eigenvalue weighted by Gasteiger charge is -2.12. The number of hydrogen-bond donors (Lipinski definition) is 2. The second-order valence-electron chi connectivity index (χ2n) is 4.83. The molecule has 1 heterocycles. The number of fused-ring (bicyclic) bond motifs is 1. The zero-order valence-electron chi connectivity index (χ0n) is 9.99. The number of benzene rings is 1. The summed E-state index contributed by atoms with van der Waals surface area (Å²) in [6.45, 7) is 1.64. The van der Waals surface area contributed by atoms with E-state index >= 15 is 0 Å². The summed E-state index contributed by atoms with van der Waals surface area (Å²) in [4.78, 5) is 0. The molecule has 0 spiro atoms. The molecule has 18 heavy (non-hydrogen) atoms. The van der Waals surface area contributed by atoms with Crippen LogP contribution in [0.5, 0.6) is 11.5 Å². The molecule has 4 nitrogen and oxygen atoms in total. The lowest BCUT2D eigenvalue weighted by molar-refractivity contribution is 0.148. The zero-order chi connectivity index (χ0) is 12.5. The van der Waals surface area contributed by atoms with E-state index in [0.717, 1.165) is 34.4 Å². The van der Waals surface area contributed by atoms with E-state index in [4.69, 9.17) is 9.47 Å². The summed E-state index contributed by atoms with van der Waals surface area (Å²) < 4.78 is 11.7. The summed E-state index contributed by atoms with van der Waals surface area (Å²) in [6, 6.07) is 3.90. The summed E-state index contributed by atoms with van der Waals surface area (Å²) in [5.41, 5.74) is 1.11. The van der Waals surface area contributed by atoms with Gasteiger partial charge in [0.25, 0.3) is 0 Å². The molecule has 2 aliphatic rings. The van der Waals surface area contributed by atoms with Gasteiger partial charge in [0, 0.05) is 17.6 Å². The fraction of sp³-hybridized carbons (Fsp3) is 0.538. The van der Waals surface area contributed by atoms with E-state index in [0.29, 0.717) is 25.8 Å². The number of rotatable bonds is 5. The SMILES string of the molecule is OC(CNCc1cc2c(cc1Br)OCO2)C1CC1. The largest absolute Gasteiger partial charge is 0.454 e. The lowest BCUT2D eigenvalue weighted by atomic mass is 10.2. The van der Waals surface area contributed by atoms with Crippen molar-refractivity contribution >= 4 is 15.9 Å². The number of ether oxygens (including phenoxy) is 2. The number of hydrogen-bond acceptors (Lipinski definition) is 4. The Morgan fingerprint density at radius 1 is 1.33 bits per heavy atom. The maximum atomic E-state index is 9.77. The molecule has 0 radical (unpaired) electrons. The van der Waals surface area contributed by atoms with Crippen molar-refractivity contribution in [3.8, 4) is 11.5 Å². The molecule has 0 saturated heterocycles. The Balaban J connectivity index is 1.58. The Kier molecular flexibility index (Phi) is 3.46. The Labute approximate surface area is 114 Å². The van der Waals surface area contributed by atoms with Crippen LogP contribution < -0.4 is 14.8 Å². The molecule has 1 aliphatic carbocycles. The van der Waals surface area contributed by atoms with Gasteiger partial charge in [-0.25, -0.2) is 0 Å². The van der Waals surface area contributed by atoms with Gasteiger partial charge in [0.15, 0.2) is 11.5 Å². The second kappa shape index (κ2) is 5.07. The van der Waals surface area contributed by atoms with Crippen LogP contribution in [0.2, 0.25) is 0 Å². The van der Waals surface area contributed by atoms with Crippen molar-refractivity contribution in [1.82, 2.24) is 5.32 Å². The molecular weight excluding hydrogens is 298 g/mol. The molecule has 1 atom stereocenters. The van der Waals surface area contributed by atoms with E-state index in [1.54, 1.807) is 0 Å². The Morgan fingerprint density at radius 2 is 2.06 bits per heavy atom. The number of aliphatic hydroxyl groups is 1. The average Bonchev–Trinajstić information content (AvgIpc) is 3.10. The Hall–Kier alpha value is -0.780. The topological polar surface area (TPSA) is 50.7 Å². The first-order chi connectivity index (χ1) is 8.74. The van der Waals surface area contributed by atoms with Crippen molar-refractivity contribution < 1.29 is 14.6 Å². The van der Waals surface area contributed by atoms with Gasteiger partial charge in [0.2, 0.25) is 6.79 Å². The standard InChI is InChI=1S/C13H16BrNO3/c14-10-4-13-12(17-7-18-13)3-9(10)5-15-6-11(16)8-1-2-8/h3-4,8,11,15-16H,1-2,5-7H2. The molecule has 1 aromatic rings. The second-order valence-corrected chi connectivity index (χ2v) is 5.69. The molecule has 0 aromatic heterocycles. The van der Waals surface area contributed by atoms with Gasteiger partial charge in [-0.2, -0.15) is 0 Å². The monoisotopic (exact) mass is 313 g/mol. The highest BCUT2D eigenvalue weighted by molar-refractivity contribution is 9.10. The van der Waals surface area contributed by atoms with Crippen molar-refractivity contribution in [3.05, 3.63) is 22.2 Å². The smallest absolute Gasteiger partial charge is 0.231 e. The molecule has 0 amide bonds. The van der Waals surface area contributed by atoms with Crippen LogP contribution in [0.1, 0.15) is 18.4 Å². The van der Waals surface area contributed by atoms with Gasteiger partial charge in [0.05, 0.1) is 6.10 Å². The predicted octanol–water partition coefficient (Wildman–Crippen LogP) is 2.04. The van der Waals surface area contributed by atoms with Gasteiger partial charge < -0.3 is 19.9 Å². The highest BCUT2D eigenvalue weighted by Gasteiger charge is 2.29. The van der Waals surface area contributed by atoms with Crippen molar-refractivity contribution in [2.75, 3.05) is 13.3 Å². The molecule has 1 saturated carbocycles. The molecule has 3 rings (SSSR count). The van der Waals surface area contributed by atoms with Crippen LogP contribution >= 0.6 is 15.9 Å². The molecule has 1 aromatic carbocycles. The van der Waals surface area contributed by atoms with Gasteiger partial charge in [-0.1, -0.05) is 15.9 Å². The summed E-state index contributed by atoms with van der Waals surface area (Å²) in [5, 5.41) is 13.1. The van der Waals surface area contributed by atoms with Gasteiger partial charge in [-0.3, -0.25) is 0 Å². The van der Waals surface area contributed by atoms with E-state index in [1.807, 2.05) is 12.1 Å². The normalized spacial score (nSPS) is 19.0. The lowest BCUT2D eigenvalue weighted by Crippen LogP contribution is -2.27. The van der Waals surface area contributed by atoms with Gasteiger partial charge in [0.1, 0.15) is 0 Å². The van der Waals surface area contributed by atoms with Crippen LogP contribution in [0, 0.1) is 5.92 Å². The van der Waals surface area contributed by atoms with E-state index in [9.17, 15) is 5.11 Å². The van der Waals surface area contributed by atoms with E-state index in [2.05, 4.69) is 21.2 Å². The van der Waals surface area contributed by atoms with Crippen LogP contribution in [-0.2, 0) is 6.54 Å². The van der Waals surface area contributed by atoms with Crippen molar-refractivity contribution in [2.24, 2.45) is 5.92 Å². The quantitative estimate of drug-likeness (QED) is 0.873. The number of nitrogens with one attached hydrogen (secondary N) is 1. The Bertz CT molecular complexity index is 448. The molecule has 2 N–H and O–H groups in total. The fourth-order valence-electron chi connectivity index (χ4n) is 2.10. The molecule has 1 unspecified atom stereocenters. The van der Waals surface area contributed by atoms with Crippen molar-refractivity contribution in [2.45, 2.75) is 25.5 Å². The molecule has 98 valence electrons. The first kappa shape index (κ1) is 12.3. The third kappa shape index (κ3) is 2.63. The minimum Gasteiger partial charge on any atom is -0.454 e. The van der Waals surface area contributed by atoms with Gasteiger partial charge in [-0.05, 0) is 36.5 Å². The number of halogens is 1. The van der Waals surface area contributed by atoms with E-state index in [-0.39, 0.29) is 6.10 Å². The van der Waals surface area contributed by atoms with Crippen molar-refractivity contribution in [3.63, 3.8) is 0 Å². The third-order valence-electron chi connectivity index (χ3n) is 3.38. The van der Waals surface area contributed by atoms with Gasteiger partial charge >= 0.3 is 0 Å². The first-order valence-electron chi connectivity index (χ1n) is 6.21. The molecular formula is C13H16BrNO3. The summed E-state index contributed by atoms with van der Waals surface area (Å²) in [5.74, 6) is 2.08. The van der Waals surface area contributed by atoms with E-state index < -0.39 is 0 Å². The minimum atomic E-state index is -0.210. The van der Waals surface area contributed by atoms with Crippen LogP contribution in [0.25, 0.3) is 0 Å². The van der Waals surface area contributed by atoms with Crippen LogP contribution in [0.4, 0.5) is 0 Å². The number of aliphatic hydroxyl groups excluding tert-OH is 1. The average molecular weight is 314 g/mol. The predicted molar refractivity (Wildman–Crippen MR) is 70.7 cm³/mol. The zero-order valence-corrected chi connectivity index (χ0v) is 11.6. The molecule has 0 bridgehead atoms. The van der Waals surface area contributed by atoms with Crippen LogP contribution in [0.3, 0.4) is 0 Å². The summed E-state index contributed by atoms with van der Waals surface area (Å²) in [7, 11) is 0. The minimum absolute atomic E-state index is 0.210. The molecule has 1 aliphatic heterocycles. The van der Waals surface area contributed by atoms with Crippen LogP contribution in [0.15, 0.2) is 16.6 Å². The summed E-state index contributed by atoms with van der Waals surface area (Å²) >= 11 is 3.52.